The summed E-state index contributed by atoms with van der Waals surface area (Å²) >= 11 is 0. The van der Waals surface area contributed by atoms with Crippen molar-refractivity contribution in [3.05, 3.63) is 84.1 Å². The number of benzene rings is 2. The molecule has 1 aliphatic rings. The number of aromatic nitrogens is 3. The second-order valence-electron chi connectivity index (χ2n) is 11.4. The summed E-state index contributed by atoms with van der Waals surface area (Å²) in [5.74, 6) is 1.45. The molecule has 42 heavy (non-hydrogen) atoms. The highest BCUT2D eigenvalue weighted by molar-refractivity contribution is 5.99. The van der Waals surface area contributed by atoms with Crippen LogP contribution in [0.4, 0.5) is 20.7 Å². The number of urea groups is 1. The molecule has 10 heteroatoms. The second kappa shape index (κ2) is 12.6. The SMILES string of the molecule is Cc1cc(Oc2ccc(NC(=O)Nc3cc(C(C)(C)C)nn3-c3ccc(OCCN4CCCC4)cc3)c(F)c2)ccn1. The topological polar surface area (TPSA) is 93.5 Å². The van der Waals surface area contributed by atoms with Crippen LogP contribution in [0.25, 0.3) is 5.69 Å². The zero-order chi connectivity index (χ0) is 29.7. The molecule has 1 fully saturated rings. The Morgan fingerprint density at radius 3 is 2.36 bits per heavy atom. The standard InChI is InChI=1S/C32H37FN6O3/c1-22-19-26(13-14-34-22)42-25-11-12-28(27(33)20-25)35-31(40)36-30-21-29(32(2,3)4)37-39(30)23-7-9-24(10-8-23)41-18-17-38-15-5-6-16-38/h7-14,19-21H,5-6,15-18H2,1-4H3,(H2,35,36,40). The van der Waals surface area contributed by atoms with Gasteiger partial charge in [0.05, 0.1) is 17.1 Å². The second-order valence-corrected chi connectivity index (χ2v) is 11.4. The van der Waals surface area contributed by atoms with Crippen molar-refractivity contribution in [1.82, 2.24) is 19.7 Å². The van der Waals surface area contributed by atoms with E-state index in [-0.39, 0.29) is 11.1 Å². The zero-order valence-corrected chi connectivity index (χ0v) is 24.5. The summed E-state index contributed by atoms with van der Waals surface area (Å²) < 4.78 is 28.2. The fraction of sp³-hybridized carbons (Fsp3) is 0.344. The van der Waals surface area contributed by atoms with Crippen molar-refractivity contribution in [3.8, 4) is 22.9 Å². The maximum Gasteiger partial charge on any atom is 0.324 e. The lowest BCUT2D eigenvalue weighted by atomic mass is 9.92. The van der Waals surface area contributed by atoms with Crippen LogP contribution in [0.5, 0.6) is 17.2 Å². The van der Waals surface area contributed by atoms with E-state index in [9.17, 15) is 9.18 Å². The van der Waals surface area contributed by atoms with Gasteiger partial charge in [0.25, 0.3) is 0 Å². The lowest BCUT2D eigenvalue weighted by Crippen LogP contribution is -2.25. The van der Waals surface area contributed by atoms with Crippen molar-refractivity contribution in [3.63, 3.8) is 0 Å². The Balaban J connectivity index is 1.26. The molecule has 0 bridgehead atoms. The summed E-state index contributed by atoms with van der Waals surface area (Å²) in [5, 5.41) is 10.2. The monoisotopic (exact) mass is 572 g/mol. The van der Waals surface area contributed by atoms with Crippen molar-refractivity contribution >= 4 is 17.5 Å². The number of likely N-dealkylation sites (tertiary alicyclic amines) is 1. The summed E-state index contributed by atoms with van der Waals surface area (Å²) in [4.78, 5) is 19.5. The predicted molar refractivity (Wildman–Crippen MR) is 162 cm³/mol. The van der Waals surface area contributed by atoms with Crippen molar-refractivity contribution in [1.29, 1.82) is 0 Å². The minimum Gasteiger partial charge on any atom is -0.492 e. The lowest BCUT2D eigenvalue weighted by Gasteiger charge is -2.15. The van der Waals surface area contributed by atoms with E-state index in [0.717, 1.165) is 42.5 Å². The number of aryl methyl sites for hydroxylation is 1. The zero-order valence-electron chi connectivity index (χ0n) is 24.5. The van der Waals surface area contributed by atoms with Crippen LogP contribution in [0.2, 0.25) is 0 Å². The highest BCUT2D eigenvalue weighted by Gasteiger charge is 2.22. The number of hydrogen-bond donors (Lipinski definition) is 2. The summed E-state index contributed by atoms with van der Waals surface area (Å²) in [6.07, 6.45) is 4.13. The Kier molecular flexibility index (Phi) is 8.72. The highest BCUT2D eigenvalue weighted by Crippen LogP contribution is 2.29. The van der Waals surface area contributed by atoms with Crippen molar-refractivity contribution < 1.29 is 18.7 Å². The van der Waals surface area contributed by atoms with Crippen LogP contribution in [-0.2, 0) is 5.41 Å². The van der Waals surface area contributed by atoms with Crippen LogP contribution in [-0.4, -0.2) is 51.9 Å². The molecular weight excluding hydrogens is 535 g/mol. The molecule has 0 radical (unpaired) electrons. The van der Waals surface area contributed by atoms with Crippen LogP contribution in [0.15, 0.2) is 66.9 Å². The molecule has 3 heterocycles. The van der Waals surface area contributed by atoms with Gasteiger partial charge in [-0.3, -0.25) is 15.2 Å². The Morgan fingerprint density at radius 1 is 0.952 bits per heavy atom. The fourth-order valence-corrected chi connectivity index (χ4v) is 4.67. The number of ether oxygens (including phenoxy) is 2. The largest absolute Gasteiger partial charge is 0.492 e. The van der Waals surface area contributed by atoms with Crippen molar-refractivity contribution in [2.45, 2.75) is 46.0 Å². The van der Waals surface area contributed by atoms with Crippen LogP contribution in [0, 0.1) is 12.7 Å². The normalized spacial score (nSPS) is 13.6. The lowest BCUT2D eigenvalue weighted by molar-refractivity contribution is 0.238. The molecule has 1 saturated heterocycles. The van der Waals surface area contributed by atoms with Gasteiger partial charge < -0.3 is 14.8 Å². The average Bonchev–Trinajstić information content (AvgIpc) is 3.61. The Bertz CT molecular complexity index is 1520. The van der Waals surface area contributed by atoms with E-state index in [1.54, 1.807) is 29.1 Å². The van der Waals surface area contributed by atoms with Gasteiger partial charge in [0.1, 0.15) is 35.5 Å². The van der Waals surface area contributed by atoms with Crippen molar-refractivity contribution in [2.24, 2.45) is 0 Å². The third-order valence-electron chi connectivity index (χ3n) is 6.97. The summed E-state index contributed by atoms with van der Waals surface area (Å²) in [6, 6.07) is 16.5. The van der Waals surface area contributed by atoms with E-state index in [1.165, 1.54) is 25.0 Å². The molecule has 2 aromatic carbocycles. The molecule has 0 aliphatic carbocycles. The molecule has 4 aromatic rings. The van der Waals surface area contributed by atoms with Gasteiger partial charge in [-0.25, -0.2) is 13.9 Å². The first-order valence-corrected chi connectivity index (χ1v) is 14.2. The number of halogens is 1. The van der Waals surface area contributed by atoms with Gasteiger partial charge in [-0.2, -0.15) is 5.10 Å². The number of hydrogen-bond acceptors (Lipinski definition) is 6. The van der Waals surface area contributed by atoms with E-state index >= 15 is 0 Å². The summed E-state index contributed by atoms with van der Waals surface area (Å²) in [7, 11) is 0. The quantitative estimate of drug-likeness (QED) is 0.226. The van der Waals surface area contributed by atoms with Gasteiger partial charge in [-0.05, 0) is 75.3 Å². The molecule has 2 aromatic heterocycles. The first-order chi connectivity index (χ1) is 20.1. The predicted octanol–water partition coefficient (Wildman–Crippen LogP) is 6.92. The van der Waals surface area contributed by atoms with E-state index < -0.39 is 11.8 Å². The first kappa shape index (κ1) is 29.1. The summed E-state index contributed by atoms with van der Waals surface area (Å²) in [6.45, 7) is 11.8. The van der Waals surface area contributed by atoms with Gasteiger partial charge in [-0.1, -0.05) is 20.8 Å². The third kappa shape index (κ3) is 7.44. The minimum absolute atomic E-state index is 0.0169. The summed E-state index contributed by atoms with van der Waals surface area (Å²) in [5.41, 5.74) is 2.10. The molecular formula is C32H37FN6O3. The number of nitrogens with zero attached hydrogens (tertiary/aromatic N) is 4. The van der Waals surface area contributed by atoms with Gasteiger partial charge in [0.15, 0.2) is 0 Å². The van der Waals surface area contributed by atoms with Gasteiger partial charge in [-0.15, -0.1) is 0 Å². The van der Waals surface area contributed by atoms with Crippen LogP contribution in [0.1, 0.15) is 45.0 Å². The Morgan fingerprint density at radius 2 is 1.67 bits per heavy atom. The Labute approximate surface area is 245 Å². The molecule has 0 unspecified atom stereocenters. The molecule has 2 N–H and O–H groups in total. The van der Waals surface area contributed by atoms with Crippen molar-refractivity contribution in [2.75, 3.05) is 36.9 Å². The number of anilines is 2. The van der Waals surface area contributed by atoms with Crippen LogP contribution in [0.3, 0.4) is 0 Å². The number of amides is 2. The molecule has 0 spiro atoms. The number of pyridine rings is 1. The van der Waals surface area contributed by atoms with E-state index in [4.69, 9.17) is 14.6 Å². The van der Waals surface area contributed by atoms with Crippen LogP contribution < -0.4 is 20.1 Å². The number of nitrogens with one attached hydrogen (secondary N) is 2. The first-order valence-electron chi connectivity index (χ1n) is 14.2. The molecule has 0 atom stereocenters. The third-order valence-corrected chi connectivity index (χ3v) is 6.97. The molecule has 5 rings (SSSR count). The number of carbonyl (C=O) groups is 1. The number of carbonyl (C=O) groups excluding carboxylic acids is 1. The maximum atomic E-state index is 14.9. The smallest absolute Gasteiger partial charge is 0.324 e. The van der Waals surface area contributed by atoms with E-state index in [1.807, 2.05) is 58.0 Å². The fourth-order valence-electron chi connectivity index (χ4n) is 4.67. The molecule has 220 valence electrons. The molecule has 9 nitrogen and oxygen atoms in total. The van der Waals surface area contributed by atoms with Gasteiger partial charge in [0, 0.05) is 42.0 Å². The average molecular weight is 573 g/mol. The van der Waals surface area contributed by atoms with Gasteiger partial charge in [0.2, 0.25) is 0 Å². The number of rotatable bonds is 9. The Hall–Kier alpha value is -4.44. The van der Waals surface area contributed by atoms with E-state index in [0.29, 0.717) is 23.9 Å². The van der Waals surface area contributed by atoms with Gasteiger partial charge >= 0.3 is 6.03 Å². The maximum absolute atomic E-state index is 14.9. The molecule has 0 saturated carbocycles. The van der Waals surface area contributed by atoms with Crippen LogP contribution >= 0.6 is 0 Å². The molecule has 2 amide bonds. The minimum atomic E-state index is -0.627. The molecule has 1 aliphatic heterocycles. The van der Waals surface area contributed by atoms with E-state index in [2.05, 4.69) is 20.5 Å². The highest BCUT2D eigenvalue weighted by atomic mass is 19.1.